The van der Waals surface area contributed by atoms with Gasteiger partial charge in [-0.3, -0.25) is 4.90 Å². The molecule has 0 radical (unpaired) electrons. The number of nitrogens with zero attached hydrogens (tertiary/aromatic N) is 1. The first-order valence-corrected chi connectivity index (χ1v) is 6.37. The van der Waals surface area contributed by atoms with Crippen molar-refractivity contribution in [1.82, 2.24) is 0 Å². The van der Waals surface area contributed by atoms with Gasteiger partial charge in [-0.05, 0) is 24.1 Å². The molecule has 0 N–H and O–H groups in total. The van der Waals surface area contributed by atoms with E-state index in [0.29, 0.717) is 31.8 Å². The van der Waals surface area contributed by atoms with Crippen LogP contribution in [0.3, 0.4) is 0 Å². The summed E-state index contributed by atoms with van der Waals surface area (Å²) >= 11 is 0. The summed E-state index contributed by atoms with van der Waals surface area (Å²) in [4.78, 5) is 12.6. The average molecular weight is 281 g/mol. The highest BCUT2D eigenvalue weighted by Crippen LogP contribution is 2.31. The second-order valence-corrected chi connectivity index (χ2v) is 4.60. The monoisotopic (exact) mass is 281 g/mol. The zero-order valence-corrected chi connectivity index (χ0v) is 10.7. The Hall–Kier alpha value is -1.95. The van der Waals surface area contributed by atoms with Crippen LogP contribution in [0.1, 0.15) is 12.0 Å². The Balaban J connectivity index is 1.98. The van der Waals surface area contributed by atoms with E-state index in [9.17, 15) is 13.6 Å². The van der Waals surface area contributed by atoms with E-state index in [1.807, 2.05) is 0 Å². The number of carbonyl (C=O) groups is 1. The molecule has 1 aromatic carbocycles. The lowest BCUT2D eigenvalue weighted by molar-refractivity contribution is 0.161. The molecule has 0 spiro atoms. The molecule has 0 saturated carbocycles. The number of ether oxygens (including phenoxy) is 2. The molecular formula is C14H13F2NO3. The molecule has 1 amide bonds. The number of halogens is 2. The molecule has 0 aromatic heterocycles. The van der Waals surface area contributed by atoms with Gasteiger partial charge in [-0.1, -0.05) is 6.08 Å². The van der Waals surface area contributed by atoms with Crippen molar-refractivity contribution in [2.45, 2.75) is 6.42 Å². The molecule has 20 heavy (non-hydrogen) atoms. The minimum atomic E-state index is -0.673. The minimum absolute atomic E-state index is 0.0374. The van der Waals surface area contributed by atoms with Gasteiger partial charge < -0.3 is 9.47 Å². The molecule has 4 nitrogen and oxygen atoms in total. The van der Waals surface area contributed by atoms with Crippen LogP contribution in [0.2, 0.25) is 0 Å². The third kappa shape index (κ3) is 2.27. The number of carbonyl (C=O) groups excluding carboxylic acids is 1. The SMILES string of the molecule is O=C1OCCN1c1cc(F)c(C2=CCOCC2)c(F)c1. The summed E-state index contributed by atoms with van der Waals surface area (Å²) in [6.07, 6.45) is 1.56. The van der Waals surface area contributed by atoms with Crippen LogP contribution in [0.4, 0.5) is 19.3 Å². The first kappa shape index (κ1) is 13.1. The largest absolute Gasteiger partial charge is 0.447 e. The van der Waals surface area contributed by atoms with Gasteiger partial charge in [0.25, 0.3) is 0 Å². The standard InChI is InChI=1S/C14H13F2NO3/c15-11-7-10(17-3-6-20-14(17)18)8-12(16)13(11)9-1-4-19-5-2-9/h1,7-8H,2-6H2. The van der Waals surface area contributed by atoms with Crippen molar-refractivity contribution < 1.29 is 23.0 Å². The van der Waals surface area contributed by atoms with Crippen molar-refractivity contribution in [2.24, 2.45) is 0 Å². The fourth-order valence-electron chi connectivity index (χ4n) is 2.40. The third-order valence-electron chi connectivity index (χ3n) is 3.38. The van der Waals surface area contributed by atoms with E-state index in [1.165, 1.54) is 17.0 Å². The Morgan fingerprint density at radius 2 is 1.90 bits per heavy atom. The Kier molecular flexibility index (Phi) is 3.40. The van der Waals surface area contributed by atoms with Crippen LogP contribution in [-0.2, 0) is 9.47 Å². The van der Waals surface area contributed by atoms with E-state index < -0.39 is 17.7 Å². The minimum Gasteiger partial charge on any atom is -0.447 e. The first-order valence-electron chi connectivity index (χ1n) is 6.37. The number of benzene rings is 1. The molecule has 1 fully saturated rings. The van der Waals surface area contributed by atoms with Crippen molar-refractivity contribution in [3.8, 4) is 0 Å². The molecule has 0 unspecified atom stereocenters. The highest BCUT2D eigenvalue weighted by Gasteiger charge is 2.26. The molecule has 2 aliphatic rings. The molecule has 106 valence electrons. The topological polar surface area (TPSA) is 38.8 Å². The van der Waals surface area contributed by atoms with Crippen LogP contribution in [0.5, 0.6) is 0 Å². The normalized spacial score (nSPS) is 19.0. The maximum atomic E-state index is 14.2. The van der Waals surface area contributed by atoms with Crippen LogP contribution in [0.25, 0.3) is 5.57 Å². The molecule has 6 heteroatoms. The maximum Gasteiger partial charge on any atom is 0.414 e. The third-order valence-corrected chi connectivity index (χ3v) is 3.38. The van der Waals surface area contributed by atoms with E-state index in [0.717, 1.165) is 0 Å². The number of amides is 1. The summed E-state index contributed by atoms with van der Waals surface area (Å²) in [6, 6.07) is 2.34. The summed E-state index contributed by atoms with van der Waals surface area (Å²) in [7, 11) is 0. The molecule has 0 bridgehead atoms. The maximum absolute atomic E-state index is 14.2. The molecule has 3 rings (SSSR count). The zero-order chi connectivity index (χ0) is 14.1. The predicted molar refractivity (Wildman–Crippen MR) is 68.5 cm³/mol. The van der Waals surface area contributed by atoms with E-state index in [-0.39, 0.29) is 17.9 Å². The highest BCUT2D eigenvalue weighted by atomic mass is 19.1. The van der Waals surface area contributed by atoms with Gasteiger partial charge in [-0.2, -0.15) is 0 Å². The lowest BCUT2D eigenvalue weighted by atomic mass is 9.99. The molecule has 2 aliphatic heterocycles. The summed E-state index contributed by atoms with van der Waals surface area (Å²) < 4.78 is 38.2. The zero-order valence-electron chi connectivity index (χ0n) is 10.7. The number of cyclic esters (lactones) is 1. The molecule has 1 aromatic rings. The summed E-state index contributed by atoms with van der Waals surface area (Å²) in [6.45, 7) is 1.33. The lowest BCUT2D eigenvalue weighted by Gasteiger charge is -2.18. The number of rotatable bonds is 2. The van der Waals surface area contributed by atoms with Crippen molar-refractivity contribution in [3.05, 3.63) is 35.4 Å². The number of hydrogen-bond donors (Lipinski definition) is 0. The van der Waals surface area contributed by atoms with Crippen LogP contribution in [0, 0.1) is 11.6 Å². The summed E-state index contributed by atoms with van der Waals surface area (Å²) in [5.41, 5.74) is 0.741. The van der Waals surface area contributed by atoms with E-state index in [2.05, 4.69) is 0 Å². The molecular weight excluding hydrogens is 268 g/mol. The first-order chi connectivity index (χ1) is 9.66. The Labute approximate surface area is 114 Å². The van der Waals surface area contributed by atoms with E-state index >= 15 is 0 Å². The molecule has 2 heterocycles. The van der Waals surface area contributed by atoms with Crippen molar-refractivity contribution in [3.63, 3.8) is 0 Å². The van der Waals surface area contributed by atoms with Crippen LogP contribution >= 0.6 is 0 Å². The van der Waals surface area contributed by atoms with Gasteiger partial charge in [0.1, 0.15) is 18.2 Å². The second-order valence-electron chi connectivity index (χ2n) is 4.60. The fraction of sp³-hybridized carbons (Fsp3) is 0.357. The average Bonchev–Trinajstić information content (AvgIpc) is 2.85. The van der Waals surface area contributed by atoms with Gasteiger partial charge in [0, 0.05) is 5.56 Å². The number of hydrogen-bond acceptors (Lipinski definition) is 3. The number of anilines is 1. The molecule has 1 saturated heterocycles. The second kappa shape index (κ2) is 5.20. The van der Waals surface area contributed by atoms with Gasteiger partial charge in [0.2, 0.25) is 0 Å². The smallest absolute Gasteiger partial charge is 0.414 e. The van der Waals surface area contributed by atoms with Crippen molar-refractivity contribution in [2.75, 3.05) is 31.3 Å². The van der Waals surface area contributed by atoms with Gasteiger partial charge in [0.05, 0.1) is 25.4 Å². The summed E-state index contributed by atoms with van der Waals surface area (Å²) in [5, 5.41) is 0. The van der Waals surface area contributed by atoms with Gasteiger partial charge >= 0.3 is 6.09 Å². The lowest BCUT2D eigenvalue weighted by Crippen LogP contribution is -2.23. The van der Waals surface area contributed by atoms with E-state index in [1.54, 1.807) is 6.08 Å². The van der Waals surface area contributed by atoms with Crippen molar-refractivity contribution >= 4 is 17.4 Å². The van der Waals surface area contributed by atoms with Crippen LogP contribution in [0.15, 0.2) is 18.2 Å². The molecule has 0 atom stereocenters. The van der Waals surface area contributed by atoms with Gasteiger partial charge in [0.15, 0.2) is 0 Å². The van der Waals surface area contributed by atoms with Gasteiger partial charge in [-0.15, -0.1) is 0 Å². The fourth-order valence-corrected chi connectivity index (χ4v) is 2.40. The summed E-state index contributed by atoms with van der Waals surface area (Å²) in [5.74, 6) is -1.35. The quantitative estimate of drug-likeness (QED) is 0.836. The van der Waals surface area contributed by atoms with Crippen molar-refractivity contribution in [1.29, 1.82) is 0 Å². The van der Waals surface area contributed by atoms with Crippen LogP contribution in [-0.4, -0.2) is 32.5 Å². The molecule has 0 aliphatic carbocycles. The van der Waals surface area contributed by atoms with Gasteiger partial charge in [-0.25, -0.2) is 13.6 Å². The Bertz CT molecular complexity index is 563. The van der Waals surface area contributed by atoms with E-state index in [4.69, 9.17) is 9.47 Å². The van der Waals surface area contributed by atoms with Crippen LogP contribution < -0.4 is 4.90 Å². The Morgan fingerprint density at radius 1 is 1.15 bits per heavy atom. The highest BCUT2D eigenvalue weighted by molar-refractivity contribution is 5.89. The Morgan fingerprint density at radius 3 is 2.45 bits per heavy atom. The predicted octanol–water partition coefficient (Wildman–Crippen LogP) is 2.73.